The Hall–Kier alpha value is -2.41. The van der Waals surface area contributed by atoms with Gasteiger partial charge in [-0.3, -0.25) is 9.78 Å². The first-order valence-corrected chi connectivity index (χ1v) is 8.89. The molecule has 3 atom stereocenters. The second-order valence-electron chi connectivity index (χ2n) is 7.33. The Labute approximate surface area is 154 Å². The number of nitrogens with zero attached hydrogens (tertiary/aromatic N) is 2. The fraction of sp³-hybridized carbons (Fsp3) is 0.400. The highest BCUT2D eigenvalue weighted by molar-refractivity contribution is 5.92. The number of alkyl halides is 3. The third-order valence-electron chi connectivity index (χ3n) is 5.81. The predicted molar refractivity (Wildman–Crippen MR) is 91.7 cm³/mol. The minimum Gasteiger partial charge on any atom is -0.385 e. The summed E-state index contributed by atoms with van der Waals surface area (Å²) in [6.45, 7) is 0.800. The Kier molecular flexibility index (Phi) is 4.22. The molecule has 2 aromatic rings. The maximum absolute atomic E-state index is 13.1. The summed E-state index contributed by atoms with van der Waals surface area (Å²) in [5, 5.41) is 11.3. The Morgan fingerprint density at radius 2 is 2.00 bits per heavy atom. The van der Waals surface area contributed by atoms with E-state index in [0.29, 0.717) is 31.6 Å². The molecule has 0 unspecified atom stereocenters. The van der Waals surface area contributed by atoms with Crippen molar-refractivity contribution in [3.63, 3.8) is 0 Å². The van der Waals surface area contributed by atoms with Crippen LogP contribution in [0.25, 0.3) is 0 Å². The van der Waals surface area contributed by atoms with Crippen LogP contribution in [0.4, 0.5) is 13.2 Å². The zero-order valence-corrected chi connectivity index (χ0v) is 14.5. The van der Waals surface area contributed by atoms with Gasteiger partial charge in [-0.25, -0.2) is 0 Å². The number of hydrogen-bond acceptors (Lipinski definition) is 3. The lowest BCUT2D eigenvalue weighted by Crippen LogP contribution is -2.36. The number of fused-ring (bicyclic) bond motifs is 1. The first-order chi connectivity index (χ1) is 12.8. The molecule has 1 saturated heterocycles. The van der Waals surface area contributed by atoms with Crippen LogP contribution in [0.5, 0.6) is 0 Å². The standard InChI is InChI=1S/C20H19F3N2O2/c21-20(22,23)15-5-3-4-14(10-15)19(27)8-7-13-11-25(12-16(13)19)18(26)17-6-1-2-9-24-17/h1-6,9-10,13,16,27H,7-8,11-12H2/t13-,16+,19+/m1/s1. The molecule has 7 heteroatoms. The number of amides is 1. The summed E-state index contributed by atoms with van der Waals surface area (Å²) in [6.07, 6.45) is -1.84. The smallest absolute Gasteiger partial charge is 0.385 e. The maximum Gasteiger partial charge on any atom is 0.416 e. The van der Waals surface area contributed by atoms with Crippen molar-refractivity contribution in [1.29, 1.82) is 0 Å². The van der Waals surface area contributed by atoms with Gasteiger partial charge in [0.15, 0.2) is 0 Å². The molecule has 4 rings (SSSR count). The van der Waals surface area contributed by atoms with Crippen LogP contribution in [0.3, 0.4) is 0 Å². The molecule has 1 aromatic heterocycles. The molecule has 0 bridgehead atoms. The van der Waals surface area contributed by atoms with Gasteiger partial charge in [0.25, 0.3) is 5.91 Å². The molecule has 2 fully saturated rings. The number of hydrogen-bond donors (Lipinski definition) is 1. The lowest BCUT2D eigenvalue weighted by Gasteiger charge is -2.31. The average Bonchev–Trinajstić information content (AvgIpc) is 3.23. The fourth-order valence-electron chi connectivity index (χ4n) is 4.44. The number of carbonyl (C=O) groups excluding carboxylic acids is 1. The van der Waals surface area contributed by atoms with Crippen LogP contribution in [-0.4, -0.2) is 34.0 Å². The minimum atomic E-state index is -4.46. The van der Waals surface area contributed by atoms with Crippen molar-refractivity contribution in [2.45, 2.75) is 24.6 Å². The summed E-state index contributed by atoms with van der Waals surface area (Å²) in [5.41, 5.74) is -1.52. The summed E-state index contributed by atoms with van der Waals surface area (Å²) < 4.78 is 39.2. The quantitative estimate of drug-likeness (QED) is 0.873. The van der Waals surface area contributed by atoms with Crippen molar-refractivity contribution >= 4 is 5.91 Å². The summed E-state index contributed by atoms with van der Waals surface area (Å²) in [4.78, 5) is 18.4. The van der Waals surface area contributed by atoms with E-state index in [1.165, 1.54) is 6.07 Å². The molecule has 0 spiro atoms. The second kappa shape index (κ2) is 6.34. The van der Waals surface area contributed by atoms with E-state index >= 15 is 0 Å². The number of rotatable bonds is 2. The van der Waals surface area contributed by atoms with Gasteiger partial charge in [0.05, 0.1) is 11.2 Å². The molecule has 1 aromatic carbocycles. The second-order valence-corrected chi connectivity index (χ2v) is 7.33. The summed E-state index contributed by atoms with van der Waals surface area (Å²) in [6, 6.07) is 10.00. The summed E-state index contributed by atoms with van der Waals surface area (Å²) >= 11 is 0. The molecule has 1 aliphatic carbocycles. The highest BCUT2D eigenvalue weighted by Gasteiger charge is 2.53. The Morgan fingerprint density at radius 3 is 2.70 bits per heavy atom. The van der Waals surface area contributed by atoms with Crippen LogP contribution in [0, 0.1) is 11.8 Å². The zero-order valence-electron chi connectivity index (χ0n) is 14.5. The molecular formula is C20H19F3N2O2. The van der Waals surface area contributed by atoms with Gasteiger partial charge in [-0.1, -0.05) is 18.2 Å². The van der Waals surface area contributed by atoms with Crippen LogP contribution in [0.2, 0.25) is 0 Å². The Morgan fingerprint density at radius 1 is 1.19 bits per heavy atom. The SMILES string of the molecule is O=C(c1ccccn1)N1C[C@H]2CC[C@](O)(c3cccc(C(F)(F)F)c3)[C@H]2C1. The van der Waals surface area contributed by atoms with Crippen molar-refractivity contribution in [2.75, 3.05) is 13.1 Å². The number of carbonyl (C=O) groups is 1. The molecule has 142 valence electrons. The molecule has 2 heterocycles. The van der Waals surface area contributed by atoms with E-state index < -0.39 is 17.3 Å². The first-order valence-electron chi connectivity index (χ1n) is 8.89. The van der Waals surface area contributed by atoms with Gasteiger partial charge in [0, 0.05) is 25.2 Å². The average molecular weight is 376 g/mol. The molecule has 27 heavy (non-hydrogen) atoms. The van der Waals surface area contributed by atoms with Crippen LogP contribution < -0.4 is 0 Å². The monoisotopic (exact) mass is 376 g/mol. The lowest BCUT2D eigenvalue weighted by atomic mass is 9.81. The van der Waals surface area contributed by atoms with E-state index in [2.05, 4.69) is 4.98 Å². The van der Waals surface area contributed by atoms with E-state index in [4.69, 9.17) is 0 Å². The van der Waals surface area contributed by atoms with E-state index in [9.17, 15) is 23.1 Å². The van der Waals surface area contributed by atoms with Crippen molar-refractivity contribution in [3.8, 4) is 0 Å². The van der Waals surface area contributed by atoms with Gasteiger partial charge in [-0.05, 0) is 48.6 Å². The molecule has 0 radical (unpaired) electrons. The Bertz CT molecular complexity index is 856. The third-order valence-corrected chi connectivity index (χ3v) is 5.81. The van der Waals surface area contributed by atoms with E-state index in [1.54, 1.807) is 35.4 Å². The third kappa shape index (κ3) is 3.10. The van der Waals surface area contributed by atoms with Crippen molar-refractivity contribution in [1.82, 2.24) is 9.88 Å². The lowest BCUT2D eigenvalue weighted by molar-refractivity contribution is -0.137. The van der Waals surface area contributed by atoms with Gasteiger partial charge >= 0.3 is 6.18 Å². The molecule has 1 amide bonds. The van der Waals surface area contributed by atoms with Crippen LogP contribution >= 0.6 is 0 Å². The van der Waals surface area contributed by atoms with Crippen molar-refractivity contribution < 1.29 is 23.1 Å². The number of likely N-dealkylation sites (tertiary alicyclic amines) is 1. The van der Waals surface area contributed by atoms with Gasteiger partial charge in [0.1, 0.15) is 5.69 Å². The van der Waals surface area contributed by atoms with E-state index in [0.717, 1.165) is 12.1 Å². The Balaban J connectivity index is 1.59. The zero-order chi connectivity index (χ0) is 19.2. The van der Waals surface area contributed by atoms with Gasteiger partial charge in [-0.2, -0.15) is 13.2 Å². The predicted octanol–water partition coefficient (Wildman–Crippen LogP) is 3.47. The fourth-order valence-corrected chi connectivity index (χ4v) is 4.44. The number of aliphatic hydroxyl groups is 1. The number of halogens is 3. The molecule has 4 nitrogen and oxygen atoms in total. The number of benzene rings is 1. The topological polar surface area (TPSA) is 53.4 Å². The molecule has 2 aliphatic rings. The van der Waals surface area contributed by atoms with Gasteiger partial charge in [-0.15, -0.1) is 0 Å². The molecule has 1 N–H and O–H groups in total. The highest BCUT2D eigenvalue weighted by atomic mass is 19.4. The first kappa shape index (κ1) is 18.0. The highest BCUT2D eigenvalue weighted by Crippen LogP contribution is 2.51. The van der Waals surface area contributed by atoms with E-state index in [1.807, 2.05) is 0 Å². The van der Waals surface area contributed by atoms with Crippen LogP contribution in [0.1, 0.15) is 34.5 Å². The summed E-state index contributed by atoms with van der Waals surface area (Å²) in [7, 11) is 0. The summed E-state index contributed by atoms with van der Waals surface area (Å²) in [5.74, 6) is -0.428. The van der Waals surface area contributed by atoms with Crippen LogP contribution in [0.15, 0.2) is 48.7 Å². The number of pyridine rings is 1. The molecular weight excluding hydrogens is 357 g/mol. The van der Waals surface area contributed by atoms with Crippen molar-refractivity contribution in [3.05, 3.63) is 65.5 Å². The minimum absolute atomic E-state index is 0.0669. The number of aromatic nitrogens is 1. The van der Waals surface area contributed by atoms with Crippen molar-refractivity contribution in [2.24, 2.45) is 11.8 Å². The maximum atomic E-state index is 13.1. The van der Waals surface area contributed by atoms with Gasteiger partial charge in [0.2, 0.25) is 0 Å². The van der Waals surface area contributed by atoms with Gasteiger partial charge < -0.3 is 10.0 Å². The van der Waals surface area contributed by atoms with E-state index in [-0.39, 0.29) is 23.3 Å². The molecule has 1 aliphatic heterocycles. The van der Waals surface area contributed by atoms with Crippen LogP contribution in [-0.2, 0) is 11.8 Å². The normalized spacial score (nSPS) is 27.6. The largest absolute Gasteiger partial charge is 0.416 e. The molecule has 1 saturated carbocycles.